The van der Waals surface area contributed by atoms with Gasteiger partial charge in [0.2, 0.25) is 0 Å². The molecule has 0 heterocycles. The Morgan fingerprint density at radius 1 is 1.18 bits per heavy atom. The Labute approximate surface area is 111 Å². The van der Waals surface area contributed by atoms with Gasteiger partial charge in [0.15, 0.2) is 0 Å². The number of hydrogen-bond donors (Lipinski definition) is 0. The summed E-state index contributed by atoms with van der Waals surface area (Å²) >= 11 is 3.41. The SMILES string of the molecule is Brc1cccc(OCCOCCC2CCC2)c1. The molecule has 1 aliphatic carbocycles. The van der Waals surface area contributed by atoms with Crippen LogP contribution in [-0.4, -0.2) is 19.8 Å². The number of ether oxygens (including phenoxy) is 2. The Bertz CT molecular complexity index is 337. The fourth-order valence-electron chi connectivity index (χ4n) is 1.91. The lowest BCUT2D eigenvalue weighted by molar-refractivity contribution is 0.0812. The van der Waals surface area contributed by atoms with E-state index in [1.807, 2.05) is 24.3 Å². The molecule has 0 aromatic heterocycles. The second-order valence-electron chi connectivity index (χ2n) is 4.50. The second-order valence-corrected chi connectivity index (χ2v) is 5.42. The van der Waals surface area contributed by atoms with E-state index in [9.17, 15) is 0 Å². The lowest BCUT2D eigenvalue weighted by Gasteiger charge is -2.24. The molecule has 1 aromatic carbocycles. The van der Waals surface area contributed by atoms with Gasteiger partial charge >= 0.3 is 0 Å². The van der Waals surface area contributed by atoms with Crippen LogP contribution in [0.15, 0.2) is 28.7 Å². The number of benzene rings is 1. The zero-order valence-corrected chi connectivity index (χ0v) is 11.6. The first kappa shape index (κ1) is 12.9. The summed E-state index contributed by atoms with van der Waals surface area (Å²) in [6.45, 7) is 2.19. The zero-order valence-electron chi connectivity index (χ0n) is 10.0. The summed E-state index contributed by atoms with van der Waals surface area (Å²) in [6, 6.07) is 7.88. The Morgan fingerprint density at radius 2 is 2.06 bits per heavy atom. The summed E-state index contributed by atoms with van der Waals surface area (Å²) in [7, 11) is 0. The van der Waals surface area contributed by atoms with Crippen LogP contribution >= 0.6 is 15.9 Å². The quantitative estimate of drug-likeness (QED) is 0.708. The van der Waals surface area contributed by atoms with E-state index in [4.69, 9.17) is 9.47 Å². The van der Waals surface area contributed by atoms with Crippen LogP contribution in [0.3, 0.4) is 0 Å². The minimum absolute atomic E-state index is 0.626. The smallest absolute Gasteiger partial charge is 0.120 e. The normalized spacial score (nSPS) is 15.6. The molecule has 0 bridgehead atoms. The van der Waals surface area contributed by atoms with E-state index in [1.165, 1.54) is 25.7 Å². The largest absolute Gasteiger partial charge is 0.491 e. The fourth-order valence-corrected chi connectivity index (χ4v) is 2.29. The summed E-state index contributed by atoms with van der Waals surface area (Å²) in [6.07, 6.45) is 5.43. The summed E-state index contributed by atoms with van der Waals surface area (Å²) in [4.78, 5) is 0. The average Bonchev–Trinajstić information content (AvgIpc) is 2.25. The first-order valence-electron chi connectivity index (χ1n) is 6.31. The van der Waals surface area contributed by atoms with Gasteiger partial charge in [-0.25, -0.2) is 0 Å². The third kappa shape index (κ3) is 4.68. The molecule has 3 heteroatoms. The van der Waals surface area contributed by atoms with Gasteiger partial charge in [-0.3, -0.25) is 0 Å². The van der Waals surface area contributed by atoms with E-state index in [1.54, 1.807) is 0 Å². The van der Waals surface area contributed by atoms with Gasteiger partial charge in [-0.1, -0.05) is 41.3 Å². The van der Waals surface area contributed by atoms with E-state index in [2.05, 4.69) is 15.9 Å². The maximum atomic E-state index is 5.58. The molecule has 0 atom stereocenters. The third-order valence-corrected chi connectivity index (χ3v) is 3.68. The monoisotopic (exact) mass is 298 g/mol. The van der Waals surface area contributed by atoms with Crippen molar-refractivity contribution in [1.29, 1.82) is 0 Å². The maximum Gasteiger partial charge on any atom is 0.120 e. The van der Waals surface area contributed by atoms with Crippen LogP contribution in [0.1, 0.15) is 25.7 Å². The molecule has 1 fully saturated rings. The maximum absolute atomic E-state index is 5.58. The molecule has 0 saturated heterocycles. The summed E-state index contributed by atoms with van der Waals surface area (Å²) in [5, 5.41) is 0. The van der Waals surface area contributed by atoms with Crippen LogP contribution in [0, 0.1) is 5.92 Å². The standard InChI is InChI=1S/C14H19BrO2/c15-13-5-2-6-14(11-13)17-10-9-16-8-7-12-3-1-4-12/h2,5-6,11-12H,1,3-4,7-10H2. The highest BCUT2D eigenvalue weighted by Gasteiger charge is 2.16. The molecule has 0 aliphatic heterocycles. The van der Waals surface area contributed by atoms with Gasteiger partial charge in [0.25, 0.3) is 0 Å². The molecule has 0 N–H and O–H groups in total. The topological polar surface area (TPSA) is 18.5 Å². The van der Waals surface area contributed by atoms with Crippen molar-refractivity contribution >= 4 is 15.9 Å². The Balaban J connectivity index is 1.50. The van der Waals surface area contributed by atoms with Crippen molar-refractivity contribution in [3.8, 4) is 5.75 Å². The van der Waals surface area contributed by atoms with Crippen LogP contribution in [0.2, 0.25) is 0 Å². The Kier molecular flexibility index (Phi) is 5.33. The third-order valence-electron chi connectivity index (χ3n) is 3.19. The van der Waals surface area contributed by atoms with Gasteiger partial charge in [-0.15, -0.1) is 0 Å². The molecule has 1 aliphatic rings. The van der Waals surface area contributed by atoms with Crippen LogP contribution in [0.4, 0.5) is 0 Å². The molecule has 2 rings (SSSR count). The molecule has 17 heavy (non-hydrogen) atoms. The molecule has 2 nitrogen and oxygen atoms in total. The minimum Gasteiger partial charge on any atom is -0.491 e. The van der Waals surface area contributed by atoms with Crippen molar-refractivity contribution in [3.63, 3.8) is 0 Å². The first-order chi connectivity index (χ1) is 8.34. The summed E-state index contributed by atoms with van der Waals surface area (Å²) < 4.78 is 12.2. The second kappa shape index (κ2) is 7.02. The van der Waals surface area contributed by atoms with E-state index in [0.29, 0.717) is 13.2 Å². The van der Waals surface area contributed by atoms with Gasteiger partial charge in [-0.2, -0.15) is 0 Å². The fraction of sp³-hybridized carbons (Fsp3) is 0.571. The molecule has 1 aromatic rings. The van der Waals surface area contributed by atoms with Crippen LogP contribution in [-0.2, 0) is 4.74 Å². The lowest BCUT2D eigenvalue weighted by atomic mass is 9.83. The summed E-state index contributed by atoms with van der Waals surface area (Å²) in [5.41, 5.74) is 0. The van der Waals surface area contributed by atoms with Crippen molar-refractivity contribution in [2.45, 2.75) is 25.7 Å². The van der Waals surface area contributed by atoms with Gasteiger partial charge < -0.3 is 9.47 Å². The van der Waals surface area contributed by atoms with Crippen molar-refractivity contribution in [2.24, 2.45) is 5.92 Å². The Morgan fingerprint density at radius 3 is 2.76 bits per heavy atom. The highest BCUT2D eigenvalue weighted by atomic mass is 79.9. The van der Waals surface area contributed by atoms with Crippen molar-refractivity contribution < 1.29 is 9.47 Å². The minimum atomic E-state index is 0.626. The first-order valence-corrected chi connectivity index (χ1v) is 7.10. The number of rotatable bonds is 7. The highest BCUT2D eigenvalue weighted by Crippen LogP contribution is 2.29. The van der Waals surface area contributed by atoms with Crippen LogP contribution in [0.5, 0.6) is 5.75 Å². The number of halogens is 1. The van der Waals surface area contributed by atoms with Crippen molar-refractivity contribution in [2.75, 3.05) is 19.8 Å². The molecule has 0 amide bonds. The predicted molar refractivity (Wildman–Crippen MR) is 72.4 cm³/mol. The highest BCUT2D eigenvalue weighted by molar-refractivity contribution is 9.10. The zero-order chi connectivity index (χ0) is 11.9. The van der Waals surface area contributed by atoms with Gasteiger partial charge in [-0.05, 0) is 30.5 Å². The molecule has 0 spiro atoms. The lowest BCUT2D eigenvalue weighted by Crippen LogP contribution is -2.15. The average molecular weight is 299 g/mol. The molecule has 1 saturated carbocycles. The molecular weight excluding hydrogens is 280 g/mol. The number of hydrogen-bond acceptors (Lipinski definition) is 2. The van der Waals surface area contributed by atoms with Crippen LogP contribution < -0.4 is 4.74 Å². The van der Waals surface area contributed by atoms with E-state index in [0.717, 1.165) is 22.7 Å². The molecule has 0 unspecified atom stereocenters. The van der Waals surface area contributed by atoms with Gasteiger partial charge in [0, 0.05) is 11.1 Å². The van der Waals surface area contributed by atoms with Gasteiger partial charge in [0.05, 0.1) is 6.61 Å². The summed E-state index contributed by atoms with van der Waals surface area (Å²) in [5.74, 6) is 1.82. The van der Waals surface area contributed by atoms with Crippen LogP contribution in [0.25, 0.3) is 0 Å². The van der Waals surface area contributed by atoms with Gasteiger partial charge in [0.1, 0.15) is 12.4 Å². The molecule has 0 radical (unpaired) electrons. The van der Waals surface area contributed by atoms with Crippen molar-refractivity contribution in [3.05, 3.63) is 28.7 Å². The van der Waals surface area contributed by atoms with E-state index < -0.39 is 0 Å². The molecule has 94 valence electrons. The predicted octanol–water partition coefficient (Wildman–Crippen LogP) is 4.03. The van der Waals surface area contributed by atoms with E-state index >= 15 is 0 Å². The van der Waals surface area contributed by atoms with E-state index in [-0.39, 0.29) is 0 Å². The van der Waals surface area contributed by atoms with Crippen molar-refractivity contribution in [1.82, 2.24) is 0 Å². The Hall–Kier alpha value is -0.540. The molecular formula is C14H19BrO2.